The van der Waals surface area contributed by atoms with Gasteiger partial charge in [-0.15, -0.1) is 0 Å². The Balaban J connectivity index is 1.78. The van der Waals surface area contributed by atoms with Gasteiger partial charge in [-0.2, -0.15) is 15.0 Å². The molecule has 1 aromatic heterocycles. The number of fused-ring (bicyclic) bond motifs is 1. The average Bonchev–Trinajstić information content (AvgIpc) is 3.10. The second-order valence-electron chi connectivity index (χ2n) is 6.01. The van der Waals surface area contributed by atoms with Crippen molar-refractivity contribution in [1.82, 2.24) is 20.3 Å². The summed E-state index contributed by atoms with van der Waals surface area (Å²) in [4.78, 5) is 1.88. The normalized spacial score (nSPS) is 20.1. The van der Waals surface area contributed by atoms with Gasteiger partial charge in [0.25, 0.3) is 0 Å². The number of hydrogen-bond acceptors (Lipinski definition) is 3. The van der Waals surface area contributed by atoms with Gasteiger partial charge < -0.3 is 5.32 Å². The highest BCUT2D eigenvalue weighted by molar-refractivity contribution is 5.83. The smallest absolute Gasteiger partial charge is 0.101 e. The minimum Gasteiger partial charge on any atom is -0.316 e. The summed E-state index contributed by atoms with van der Waals surface area (Å²) in [5.41, 5.74) is 1.30. The molecule has 0 amide bonds. The molecule has 0 radical (unpaired) electrons. The first kappa shape index (κ1) is 13.5. The quantitative estimate of drug-likeness (QED) is 0.807. The minimum atomic E-state index is 0.201. The zero-order valence-corrected chi connectivity index (χ0v) is 12.5. The third-order valence-corrected chi connectivity index (χ3v) is 4.58. The average molecular weight is 292 g/mol. The van der Waals surface area contributed by atoms with Crippen molar-refractivity contribution in [2.45, 2.75) is 18.9 Å². The SMILES string of the molecule is c1ccc2cc(C([C@@H]3CCCNC3)n3nccn3)ccc2c1. The lowest BCUT2D eigenvalue weighted by molar-refractivity contribution is 0.264. The number of hydrogen-bond donors (Lipinski definition) is 1. The van der Waals surface area contributed by atoms with Crippen LogP contribution >= 0.6 is 0 Å². The number of benzene rings is 2. The van der Waals surface area contributed by atoms with Gasteiger partial charge in [-0.1, -0.05) is 36.4 Å². The maximum atomic E-state index is 4.43. The molecule has 2 atom stereocenters. The van der Waals surface area contributed by atoms with Gasteiger partial charge in [-0.25, -0.2) is 0 Å². The van der Waals surface area contributed by atoms with Crippen LogP contribution in [0.1, 0.15) is 24.4 Å². The molecule has 2 heterocycles. The van der Waals surface area contributed by atoms with Crippen LogP contribution in [-0.4, -0.2) is 28.1 Å². The van der Waals surface area contributed by atoms with Crippen molar-refractivity contribution in [1.29, 1.82) is 0 Å². The summed E-state index contributed by atoms with van der Waals surface area (Å²) in [6.07, 6.45) is 5.97. The van der Waals surface area contributed by atoms with E-state index in [0.29, 0.717) is 5.92 Å². The largest absolute Gasteiger partial charge is 0.316 e. The van der Waals surface area contributed by atoms with E-state index in [0.717, 1.165) is 13.1 Å². The first-order chi connectivity index (χ1) is 10.9. The van der Waals surface area contributed by atoms with E-state index in [1.54, 1.807) is 12.4 Å². The summed E-state index contributed by atoms with van der Waals surface area (Å²) < 4.78 is 0. The van der Waals surface area contributed by atoms with Gasteiger partial charge in [0.1, 0.15) is 6.04 Å². The van der Waals surface area contributed by atoms with Crippen LogP contribution in [0.2, 0.25) is 0 Å². The molecule has 4 nitrogen and oxygen atoms in total. The molecule has 0 spiro atoms. The summed E-state index contributed by atoms with van der Waals surface area (Å²) >= 11 is 0. The number of piperidine rings is 1. The fourth-order valence-corrected chi connectivity index (χ4v) is 3.50. The Kier molecular flexibility index (Phi) is 3.60. The monoisotopic (exact) mass is 292 g/mol. The molecular weight excluding hydrogens is 272 g/mol. The van der Waals surface area contributed by atoms with Crippen LogP contribution in [-0.2, 0) is 0 Å². The molecule has 0 bridgehead atoms. The molecule has 4 rings (SSSR count). The van der Waals surface area contributed by atoms with Crippen molar-refractivity contribution in [2.75, 3.05) is 13.1 Å². The van der Waals surface area contributed by atoms with Crippen LogP contribution in [0.3, 0.4) is 0 Å². The Labute approximate surface area is 130 Å². The van der Waals surface area contributed by atoms with E-state index in [4.69, 9.17) is 0 Å². The highest BCUT2D eigenvalue weighted by atomic mass is 15.5. The van der Waals surface area contributed by atoms with Gasteiger partial charge >= 0.3 is 0 Å². The third kappa shape index (κ3) is 2.50. The Morgan fingerprint density at radius 2 is 1.86 bits per heavy atom. The lowest BCUT2D eigenvalue weighted by atomic mass is 9.87. The van der Waals surface area contributed by atoms with E-state index < -0.39 is 0 Å². The second-order valence-corrected chi connectivity index (χ2v) is 6.01. The predicted molar refractivity (Wildman–Crippen MR) is 87.7 cm³/mol. The van der Waals surface area contributed by atoms with Gasteiger partial charge in [0.2, 0.25) is 0 Å². The fraction of sp³-hybridized carbons (Fsp3) is 0.333. The van der Waals surface area contributed by atoms with E-state index in [1.165, 1.54) is 29.2 Å². The molecule has 112 valence electrons. The summed E-state index contributed by atoms with van der Waals surface area (Å²) in [5, 5.41) is 14.9. The standard InChI is InChI=1S/C18H20N4/c1-2-5-15-12-16(8-7-14(15)4-1)18(22-20-10-11-21-22)17-6-3-9-19-13-17/h1-2,4-5,7-8,10-12,17-19H,3,6,9,13H2/t17-,18?/m1/s1. The maximum absolute atomic E-state index is 4.43. The second kappa shape index (κ2) is 5.89. The van der Waals surface area contributed by atoms with Crippen LogP contribution in [0.4, 0.5) is 0 Å². The minimum absolute atomic E-state index is 0.201. The van der Waals surface area contributed by atoms with Crippen LogP contribution in [0.25, 0.3) is 10.8 Å². The van der Waals surface area contributed by atoms with Gasteiger partial charge in [-0.3, -0.25) is 0 Å². The van der Waals surface area contributed by atoms with E-state index >= 15 is 0 Å². The van der Waals surface area contributed by atoms with E-state index in [9.17, 15) is 0 Å². The Hall–Kier alpha value is -2.20. The first-order valence-electron chi connectivity index (χ1n) is 7.97. The molecule has 1 fully saturated rings. The first-order valence-corrected chi connectivity index (χ1v) is 7.97. The Morgan fingerprint density at radius 3 is 2.64 bits per heavy atom. The fourth-order valence-electron chi connectivity index (χ4n) is 3.50. The van der Waals surface area contributed by atoms with Crippen molar-refractivity contribution in [3.8, 4) is 0 Å². The van der Waals surface area contributed by atoms with Crippen LogP contribution in [0, 0.1) is 5.92 Å². The summed E-state index contributed by atoms with van der Waals surface area (Å²) in [7, 11) is 0. The highest BCUT2D eigenvalue weighted by Gasteiger charge is 2.27. The summed E-state index contributed by atoms with van der Waals surface area (Å²) in [6, 6.07) is 15.4. The van der Waals surface area contributed by atoms with Crippen molar-refractivity contribution in [2.24, 2.45) is 5.92 Å². The zero-order valence-electron chi connectivity index (χ0n) is 12.5. The molecule has 1 unspecified atom stereocenters. The van der Waals surface area contributed by atoms with Crippen LogP contribution in [0.5, 0.6) is 0 Å². The lowest BCUT2D eigenvalue weighted by Gasteiger charge is -2.30. The van der Waals surface area contributed by atoms with Gasteiger partial charge in [-0.05, 0) is 47.7 Å². The summed E-state index contributed by atoms with van der Waals surface area (Å²) in [6.45, 7) is 2.15. The molecule has 1 saturated heterocycles. The molecule has 1 aliphatic heterocycles. The number of rotatable bonds is 3. The topological polar surface area (TPSA) is 42.7 Å². The number of nitrogens with one attached hydrogen (secondary N) is 1. The molecule has 2 aromatic carbocycles. The van der Waals surface area contributed by atoms with Crippen molar-refractivity contribution in [3.63, 3.8) is 0 Å². The zero-order chi connectivity index (χ0) is 14.8. The van der Waals surface area contributed by atoms with E-state index in [-0.39, 0.29) is 6.04 Å². The van der Waals surface area contributed by atoms with Crippen molar-refractivity contribution < 1.29 is 0 Å². The van der Waals surface area contributed by atoms with Gasteiger partial charge in [0.05, 0.1) is 12.4 Å². The molecule has 3 aromatic rings. The van der Waals surface area contributed by atoms with Gasteiger partial charge in [0, 0.05) is 6.54 Å². The summed E-state index contributed by atoms with van der Waals surface area (Å²) in [5.74, 6) is 0.530. The molecule has 0 aliphatic carbocycles. The predicted octanol–water partition coefficient (Wildman–Crippen LogP) is 3.02. The molecule has 22 heavy (non-hydrogen) atoms. The van der Waals surface area contributed by atoms with Crippen molar-refractivity contribution in [3.05, 3.63) is 60.4 Å². The lowest BCUT2D eigenvalue weighted by Crippen LogP contribution is -2.36. The molecule has 1 N–H and O–H groups in total. The Bertz CT molecular complexity index is 745. The molecule has 0 saturated carbocycles. The van der Waals surface area contributed by atoms with Crippen LogP contribution in [0.15, 0.2) is 54.9 Å². The van der Waals surface area contributed by atoms with Gasteiger partial charge in [0.15, 0.2) is 0 Å². The third-order valence-electron chi connectivity index (χ3n) is 4.58. The van der Waals surface area contributed by atoms with Crippen molar-refractivity contribution >= 4 is 10.8 Å². The van der Waals surface area contributed by atoms with E-state index in [2.05, 4.69) is 58.0 Å². The highest BCUT2D eigenvalue weighted by Crippen LogP contribution is 2.31. The Morgan fingerprint density at radius 1 is 1.05 bits per heavy atom. The maximum Gasteiger partial charge on any atom is 0.101 e. The number of nitrogens with zero attached hydrogens (tertiary/aromatic N) is 3. The number of aromatic nitrogens is 3. The molecule has 4 heteroatoms. The molecule has 1 aliphatic rings. The van der Waals surface area contributed by atoms with Crippen LogP contribution < -0.4 is 5.32 Å². The van der Waals surface area contributed by atoms with E-state index in [1.807, 2.05) is 4.80 Å². The molecular formula is C18H20N4.